The van der Waals surface area contributed by atoms with Crippen LogP contribution >= 0.6 is 0 Å². The fraction of sp³-hybridized carbons (Fsp3) is 0.378. The molecule has 0 heterocycles. The molecule has 0 saturated heterocycles. The molecule has 3 aromatic rings. The van der Waals surface area contributed by atoms with Gasteiger partial charge < -0.3 is 21.1 Å². The second-order valence-electron chi connectivity index (χ2n) is 12.3. The van der Waals surface area contributed by atoms with Crippen LogP contribution < -0.4 is 16.0 Å². The Morgan fingerprint density at radius 3 is 1.89 bits per heavy atom. The molecule has 0 aliphatic rings. The zero-order valence-corrected chi connectivity index (χ0v) is 27.2. The van der Waals surface area contributed by atoms with E-state index in [0.29, 0.717) is 6.42 Å². The van der Waals surface area contributed by atoms with Gasteiger partial charge in [0.25, 0.3) is 0 Å². The fourth-order valence-electron chi connectivity index (χ4n) is 5.20. The Balaban J connectivity index is 1.80. The molecule has 3 amide bonds. The van der Waals surface area contributed by atoms with Gasteiger partial charge in [-0.3, -0.25) is 24.0 Å². The van der Waals surface area contributed by atoms with Crippen LogP contribution in [-0.4, -0.2) is 52.7 Å². The van der Waals surface area contributed by atoms with E-state index in [0.717, 1.165) is 27.8 Å². The molecule has 0 fully saturated rings. The minimum absolute atomic E-state index is 0.0770. The van der Waals surface area contributed by atoms with Gasteiger partial charge in [-0.1, -0.05) is 105 Å². The molecule has 0 bridgehead atoms. The number of ketones is 1. The molecule has 3 rings (SSSR count). The maximum atomic E-state index is 13.7. The summed E-state index contributed by atoms with van der Waals surface area (Å²) in [5, 5.41) is 17.4. The van der Waals surface area contributed by atoms with E-state index in [1.165, 1.54) is 6.92 Å². The molecular formula is C37H45N3O6. The van der Waals surface area contributed by atoms with Gasteiger partial charge in [-0.15, -0.1) is 0 Å². The number of carbonyl (C=O) groups is 5. The maximum absolute atomic E-state index is 13.7. The Labute approximate surface area is 271 Å². The van der Waals surface area contributed by atoms with Crippen molar-refractivity contribution in [2.45, 2.75) is 78.4 Å². The van der Waals surface area contributed by atoms with E-state index >= 15 is 0 Å². The molecule has 3 aromatic carbocycles. The highest BCUT2D eigenvalue weighted by Crippen LogP contribution is 2.20. The van der Waals surface area contributed by atoms with Crippen LogP contribution in [0.4, 0.5) is 0 Å². The van der Waals surface area contributed by atoms with Gasteiger partial charge in [-0.2, -0.15) is 0 Å². The van der Waals surface area contributed by atoms with Crippen molar-refractivity contribution < 1.29 is 29.1 Å². The number of nitrogens with one attached hydrogen (secondary N) is 3. The first-order valence-electron chi connectivity index (χ1n) is 15.7. The monoisotopic (exact) mass is 627 g/mol. The number of carboxylic acids is 1. The molecule has 0 spiro atoms. The standard InChI is InChI=1S/C37H45N3O6/c1-23(2)34(40-35(44)25(4)21-28-11-9-10-24(3)20-28)37(46)39-32(36(45)38-31(26(5)41)18-19-33(42)43)22-27-14-16-30(17-15-27)29-12-7-6-8-13-29/h6-17,20,23,25,31-32,34H,18-19,21-22H2,1-5H3,(H,38,45)(H,39,46)(H,40,44)(H,42,43)/t25-,31-,32-,34-/m0/s1. The molecule has 9 heteroatoms. The predicted molar refractivity (Wildman–Crippen MR) is 178 cm³/mol. The predicted octanol–water partition coefficient (Wildman–Crippen LogP) is 4.65. The molecule has 46 heavy (non-hydrogen) atoms. The van der Waals surface area contributed by atoms with Gasteiger partial charge in [0.15, 0.2) is 5.78 Å². The Morgan fingerprint density at radius 2 is 1.30 bits per heavy atom. The molecule has 0 aromatic heterocycles. The average Bonchev–Trinajstić information content (AvgIpc) is 3.01. The van der Waals surface area contributed by atoms with Crippen molar-refractivity contribution >= 4 is 29.5 Å². The molecule has 0 aliphatic carbocycles. The van der Waals surface area contributed by atoms with Crippen LogP contribution in [0.5, 0.6) is 0 Å². The van der Waals surface area contributed by atoms with Crippen LogP contribution in [0.2, 0.25) is 0 Å². The van der Waals surface area contributed by atoms with Crippen molar-refractivity contribution in [2.24, 2.45) is 11.8 Å². The van der Waals surface area contributed by atoms with E-state index in [-0.39, 0.29) is 36.9 Å². The molecule has 0 radical (unpaired) electrons. The van der Waals surface area contributed by atoms with Crippen LogP contribution in [0.15, 0.2) is 78.9 Å². The largest absolute Gasteiger partial charge is 0.481 e. The summed E-state index contributed by atoms with van der Waals surface area (Å²) in [4.78, 5) is 63.8. The van der Waals surface area contributed by atoms with Gasteiger partial charge in [0.2, 0.25) is 17.7 Å². The summed E-state index contributed by atoms with van der Waals surface area (Å²) in [7, 11) is 0. The van der Waals surface area contributed by atoms with Crippen LogP contribution in [-0.2, 0) is 36.8 Å². The molecule has 0 saturated carbocycles. The first-order valence-corrected chi connectivity index (χ1v) is 15.7. The van der Waals surface area contributed by atoms with E-state index < -0.39 is 41.8 Å². The number of amides is 3. The van der Waals surface area contributed by atoms with Gasteiger partial charge in [-0.05, 0) is 54.9 Å². The first kappa shape index (κ1) is 35.7. The molecule has 0 aliphatic heterocycles. The number of carbonyl (C=O) groups excluding carboxylic acids is 4. The third kappa shape index (κ3) is 11.0. The smallest absolute Gasteiger partial charge is 0.303 e. The van der Waals surface area contributed by atoms with Crippen LogP contribution in [0, 0.1) is 18.8 Å². The summed E-state index contributed by atoms with van der Waals surface area (Å²) >= 11 is 0. The summed E-state index contributed by atoms with van der Waals surface area (Å²) < 4.78 is 0. The number of aliphatic carboxylic acids is 1. The van der Waals surface area contributed by atoms with Crippen molar-refractivity contribution in [3.63, 3.8) is 0 Å². The molecule has 4 N–H and O–H groups in total. The second-order valence-corrected chi connectivity index (χ2v) is 12.3. The number of benzene rings is 3. The minimum atomic E-state index is -1.09. The number of hydrogen-bond donors (Lipinski definition) is 4. The van der Waals surface area contributed by atoms with Gasteiger partial charge in [0.05, 0.1) is 6.04 Å². The number of rotatable bonds is 16. The Hall–Kier alpha value is -4.79. The average molecular weight is 628 g/mol. The number of aryl methyl sites for hydroxylation is 1. The minimum Gasteiger partial charge on any atom is -0.481 e. The van der Waals surface area contributed by atoms with Gasteiger partial charge in [0.1, 0.15) is 12.1 Å². The molecular weight excluding hydrogens is 582 g/mol. The zero-order chi connectivity index (χ0) is 33.8. The number of Topliss-reactive ketones (excluding diaryl/α,β-unsaturated/α-hetero) is 1. The second kappa shape index (κ2) is 17.1. The highest BCUT2D eigenvalue weighted by atomic mass is 16.4. The molecule has 4 atom stereocenters. The van der Waals surface area contributed by atoms with E-state index in [1.807, 2.05) is 99.6 Å². The zero-order valence-electron chi connectivity index (χ0n) is 27.2. The van der Waals surface area contributed by atoms with Crippen LogP contribution in [0.1, 0.15) is 57.2 Å². The van der Waals surface area contributed by atoms with Gasteiger partial charge in [-0.25, -0.2) is 0 Å². The van der Waals surface area contributed by atoms with Crippen molar-refractivity contribution in [1.29, 1.82) is 0 Å². The highest BCUT2D eigenvalue weighted by Gasteiger charge is 2.31. The molecule has 9 nitrogen and oxygen atoms in total. The topological polar surface area (TPSA) is 142 Å². The first-order chi connectivity index (χ1) is 21.8. The summed E-state index contributed by atoms with van der Waals surface area (Å²) in [5.41, 5.74) is 4.90. The quantitative estimate of drug-likeness (QED) is 0.182. The maximum Gasteiger partial charge on any atom is 0.303 e. The summed E-state index contributed by atoms with van der Waals surface area (Å²) in [5.74, 6) is -3.59. The summed E-state index contributed by atoms with van der Waals surface area (Å²) in [6, 6.07) is 22.3. The van der Waals surface area contributed by atoms with Crippen molar-refractivity contribution in [1.82, 2.24) is 16.0 Å². The number of hydrogen-bond acceptors (Lipinski definition) is 5. The molecule has 0 unspecified atom stereocenters. The SMILES string of the molecule is CC(=O)[C@H](CCC(=O)O)NC(=O)[C@H](Cc1ccc(-c2ccccc2)cc1)NC(=O)[C@@H](NC(=O)[C@@H](C)Cc1cccc(C)c1)C(C)C. The lowest BCUT2D eigenvalue weighted by molar-refractivity contribution is -0.138. The fourth-order valence-corrected chi connectivity index (χ4v) is 5.20. The van der Waals surface area contributed by atoms with E-state index in [2.05, 4.69) is 16.0 Å². The third-order valence-corrected chi connectivity index (χ3v) is 7.91. The lowest BCUT2D eigenvalue weighted by Crippen LogP contribution is -2.57. The van der Waals surface area contributed by atoms with E-state index in [1.54, 1.807) is 6.92 Å². The normalized spacial score (nSPS) is 13.6. The van der Waals surface area contributed by atoms with Crippen molar-refractivity contribution in [2.75, 3.05) is 0 Å². The van der Waals surface area contributed by atoms with Crippen LogP contribution in [0.3, 0.4) is 0 Å². The van der Waals surface area contributed by atoms with Crippen LogP contribution in [0.25, 0.3) is 11.1 Å². The van der Waals surface area contributed by atoms with Gasteiger partial charge >= 0.3 is 5.97 Å². The Morgan fingerprint density at radius 1 is 0.674 bits per heavy atom. The molecule has 244 valence electrons. The van der Waals surface area contributed by atoms with Crippen molar-refractivity contribution in [3.8, 4) is 11.1 Å². The van der Waals surface area contributed by atoms with E-state index in [9.17, 15) is 24.0 Å². The lowest BCUT2D eigenvalue weighted by Gasteiger charge is -2.27. The summed E-state index contributed by atoms with van der Waals surface area (Å²) in [6.07, 6.45) is 0.239. The highest BCUT2D eigenvalue weighted by molar-refractivity contribution is 5.94. The van der Waals surface area contributed by atoms with Gasteiger partial charge in [0, 0.05) is 18.8 Å². The van der Waals surface area contributed by atoms with E-state index in [4.69, 9.17) is 5.11 Å². The lowest BCUT2D eigenvalue weighted by atomic mass is 9.96. The number of carboxylic acid groups (broad SMARTS) is 1. The third-order valence-electron chi connectivity index (χ3n) is 7.91. The Bertz CT molecular complexity index is 1500. The van der Waals surface area contributed by atoms with Crippen molar-refractivity contribution in [3.05, 3.63) is 95.6 Å². The Kier molecular flexibility index (Phi) is 13.2. The summed E-state index contributed by atoms with van der Waals surface area (Å²) in [6.45, 7) is 8.70.